The molecular weight excluding hydrogens is 384 g/mol. The zero-order valence-corrected chi connectivity index (χ0v) is 16.9. The highest BCUT2D eigenvalue weighted by molar-refractivity contribution is 5.93. The summed E-state index contributed by atoms with van der Waals surface area (Å²) >= 11 is 0. The molecule has 0 aromatic heterocycles. The Morgan fingerprint density at radius 2 is 1.63 bits per heavy atom. The summed E-state index contributed by atoms with van der Waals surface area (Å²) in [6.45, 7) is 2.45. The average molecular weight is 410 g/mol. The van der Waals surface area contributed by atoms with Crippen molar-refractivity contribution in [3.63, 3.8) is 0 Å². The minimum absolute atomic E-state index is 0.239. The predicted octanol–water partition coefficient (Wildman–Crippen LogP) is 2.39. The molecule has 158 valence electrons. The number of benzene rings is 2. The molecule has 3 rings (SSSR count). The molecule has 30 heavy (non-hydrogen) atoms. The van der Waals surface area contributed by atoms with Crippen LogP contribution in [0.2, 0.25) is 0 Å². The fraction of sp³-hybridized carbons (Fsp3) is 0.348. The lowest BCUT2D eigenvalue weighted by atomic mass is 10.1. The minimum atomic E-state index is -1.02. The van der Waals surface area contributed by atoms with Crippen molar-refractivity contribution in [2.45, 2.75) is 37.8 Å². The maximum absolute atomic E-state index is 12.7. The largest absolute Gasteiger partial charge is 0.415 e. The number of carbonyl (C=O) groups is 3. The number of epoxide rings is 1. The van der Waals surface area contributed by atoms with Crippen molar-refractivity contribution in [3.8, 4) is 0 Å². The number of ether oxygens (including phenoxy) is 2. The SMILES string of the molecule is CC[C@@]1(C(=O)OC(=O)NC(Cc2ccccc2)C(=O)NCCc2ccccc2)CO1. The van der Waals surface area contributed by atoms with Crippen LogP contribution in [0, 0.1) is 0 Å². The maximum Gasteiger partial charge on any atom is 0.415 e. The molecule has 2 N–H and O–H groups in total. The first-order chi connectivity index (χ1) is 14.5. The Morgan fingerprint density at radius 3 is 2.20 bits per heavy atom. The maximum atomic E-state index is 12.7. The van der Waals surface area contributed by atoms with Gasteiger partial charge in [-0.2, -0.15) is 0 Å². The van der Waals surface area contributed by atoms with Gasteiger partial charge in [-0.25, -0.2) is 9.59 Å². The van der Waals surface area contributed by atoms with E-state index in [1.807, 2.05) is 60.7 Å². The molecule has 7 heteroatoms. The van der Waals surface area contributed by atoms with E-state index in [-0.39, 0.29) is 18.9 Å². The van der Waals surface area contributed by atoms with Gasteiger partial charge in [0.2, 0.25) is 5.91 Å². The molecule has 1 heterocycles. The van der Waals surface area contributed by atoms with Crippen molar-refractivity contribution in [1.29, 1.82) is 0 Å². The van der Waals surface area contributed by atoms with Crippen molar-refractivity contribution in [1.82, 2.24) is 10.6 Å². The van der Waals surface area contributed by atoms with Crippen LogP contribution in [0.5, 0.6) is 0 Å². The van der Waals surface area contributed by atoms with Crippen molar-refractivity contribution in [3.05, 3.63) is 71.8 Å². The fourth-order valence-electron chi connectivity index (χ4n) is 3.06. The number of hydrogen-bond acceptors (Lipinski definition) is 5. The zero-order valence-electron chi connectivity index (χ0n) is 16.9. The summed E-state index contributed by atoms with van der Waals surface area (Å²) in [5, 5.41) is 5.36. The number of rotatable bonds is 9. The summed E-state index contributed by atoms with van der Waals surface area (Å²) in [5.74, 6) is -1.07. The van der Waals surface area contributed by atoms with Gasteiger partial charge in [0.05, 0.1) is 6.61 Å². The van der Waals surface area contributed by atoms with Gasteiger partial charge >= 0.3 is 12.1 Å². The highest BCUT2D eigenvalue weighted by Crippen LogP contribution is 2.31. The van der Waals surface area contributed by atoms with E-state index >= 15 is 0 Å². The van der Waals surface area contributed by atoms with Gasteiger partial charge in [0.1, 0.15) is 6.04 Å². The van der Waals surface area contributed by atoms with Crippen molar-refractivity contribution in [2.24, 2.45) is 0 Å². The zero-order chi connectivity index (χ0) is 21.4. The van der Waals surface area contributed by atoms with E-state index in [1.165, 1.54) is 0 Å². The molecule has 7 nitrogen and oxygen atoms in total. The van der Waals surface area contributed by atoms with Gasteiger partial charge in [-0.15, -0.1) is 0 Å². The average Bonchev–Trinajstić information content (AvgIpc) is 3.56. The number of nitrogens with one attached hydrogen (secondary N) is 2. The van der Waals surface area contributed by atoms with Crippen LogP contribution in [0.1, 0.15) is 24.5 Å². The summed E-state index contributed by atoms with van der Waals surface area (Å²) in [5.41, 5.74) is 0.956. The van der Waals surface area contributed by atoms with E-state index in [0.717, 1.165) is 11.1 Å². The third-order valence-corrected chi connectivity index (χ3v) is 5.07. The Bertz CT molecular complexity index is 866. The second-order valence-corrected chi connectivity index (χ2v) is 7.23. The molecule has 2 atom stereocenters. The fourth-order valence-corrected chi connectivity index (χ4v) is 3.06. The Labute approximate surface area is 175 Å². The van der Waals surface area contributed by atoms with E-state index in [2.05, 4.69) is 10.6 Å². The topological polar surface area (TPSA) is 97.0 Å². The summed E-state index contributed by atoms with van der Waals surface area (Å²) in [4.78, 5) is 37.1. The van der Waals surface area contributed by atoms with Crippen molar-refractivity contribution in [2.75, 3.05) is 13.2 Å². The van der Waals surface area contributed by atoms with Crippen LogP contribution in [0.4, 0.5) is 4.79 Å². The van der Waals surface area contributed by atoms with E-state index in [4.69, 9.17) is 9.47 Å². The van der Waals surface area contributed by atoms with Crippen LogP contribution in [0.15, 0.2) is 60.7 Å². The summed E-state index contributed by atoms with van der Waals surface area (Å²) in [6.07, 6.45) is 0.412. The molecule has 1 fully saturated rings. The van der Waals surface area contributed by atoms with Crippen LogP contribution in [0.3, 0.4) is 0 Å². The van der Waals surface area contributed by atoms with Crippen LogP contribution < -0.4 is 10.6 Å². The standard InChI is InChI=1S/C23H26N2O5/c1-2-23(16-29-23)21(27)30-22(28)25-19(15-18-11-7-4-8-12-18)20(26)24-14-13-17-9-5-3-6-10-17/h3-12,19H,2,13-16H2,1H3,(H,24,26)(H,25,28)/t19?,23-/m0/s1. The van der Waals surface area contributed by atoms with E-state index < -0.39 is 23.7 Å². The summed E-state index contributed by atoms with van der Waals surface area (Å²) in [6, 6.07) is 18.2. The molecule has 1 saturated heterocycles. The van der Waals surface area contributed by atoms with E-state index in [9.17, 15) is 14.4 Å². The van der Waals surface area contributed by atoms with Gasteiger partial charge in [0, 0.05) is 13.0 Å². The molecule has 2 amide bonds. The van der Waals surface area contributed by atoms with Gasteiger partial charge < -0.3 is 20.1 Å². The molecule has 0 aliphatic carbocycles. The first kappa shape index (κ1) is 21.5. The Kier molecular flexibility index (Phi) is 7.19. The third-order valence-electron chi connectivity index (χ3n) is 5.07. The quantitative estimate of drug-likeness (QED) is 0.376. The molecule has 1 aliphatic rings. The lowest BCUT2D eigenvalue weighted by Crippen LogP contribution is -2.49. The molecule has 1 unspecified atom stereocenters. The van der Waals surface area contributed by atoms with Crippen LogP contribution >= 0.6 is 0 Å². The van der Waals surface area contributed by atoms with E-state index in [1.54, 1.807) is 6.92 Å². The van der Waals surface area contributed by atoms with Crippen molar-refractivity contribution < 1.29 is 23.9 Å². The summed E-state index contributed by atoms with van der Waals surface area (Å²) < 4.78 is 9.98. The molecule has 0 bridgehead atoms. The van der Waals surface area contributed by atoms with E-state index in [0.29, 0.717) is 19.4 Å². The molecule has 2 aromatic rings. The number of esters is 1. The van der Waals surface area contributed by atoms with Crippen molar-refractivity contribution >= 4 is 18.0 Å². The molecule has 1 aliphatic heterocycles. The second-order valence-electron chi connectivity index (χ2n) is 7.23. The van der Waals surface area contributed by atoms with Gasteiger partial charge in [0.25, 0.3) is 0 Å². The van der Waals surface area contributed by atoms with Gasteiger partial charge in [-0.3, -0.25) is 4.79 Å². The first-order valence-electron chi connectivity index (χ1n) is 10.0. The minimum Gasteiger partial charge on any atom is -0.374 e. The number of amides is 2. The monoisotopic (exact) mass is 410 g/mol. The first-order valence-corrected chi connectivity index (χ1v) is 10.0. The highest BCUT2D eigenvalue weighted by Gasteiger charge is 2.53. The van der Waals surface area contributed by atoms with Gasteiger partial charge in [-0.1, -0.05) is 67.6 Å². The smallest absolute Gasteiger partial charge is 0.374 e. The van der Waals surface area contributed by atoms with Gasteiger partial charge in [-0.05, 0) is 24.0 Å². The molecule has 0 radical (unpaired) electrons. The lowest BCUT2D eigenvalue weighted by molar-refractivity contribution is -0.143. The number of hydrogen-bond donors (Lipinski definition) is 2. The Morgan fingerprint density at radius 1 is 1.03 bits per heavy atom. The van der Waals surface area contributed by atoms with Gasteiger partial charge in [0.15, 0.2) is 5.60 Å². The molecule has 0 saturated carbocycles. The predicted molar refractivity (Wildman–Crippen MR) is 111 cm³/mol. The summed E-state index contributed by atoms with van der Waals surface area (Å²) in [7, 11) is 0. The van der Waals surface area contributed by atoms with Crippen LogP contribution in [-0.2, 0) is 31.9 Å². The normalized spacial score (nSPS) is 18.2. The van der Waals surface area contributed by atoms with Crippen LogP contribution in [-0.4, -0.2) is 42.8 Å². The Balaban J connectivity index is 1.58. The third kappa shape index (κ3) is 5.90. The second kappa shape index (κ2) is 10.0. The molecule has 0 spiro atoms. The lowest BCUT2D eigenvalue weighted by Gasteiger charge is -2.19. The number of alkyl carbamates (subject to hydrolysis) is 1. The Hall–Kier alpha value is -3.19. The van der Waals surface area contributed by atoms with Crippen LogP contribution in [0.25, 0.3) is 0 Å². The molecule has 2 aromatic carbocycles. The number of carbonyl (C=O) groups excluding carboxylic acids is 3. The molecular formula is C23H26N2O5. The highest BCUT2D eigenvalue weighted by atomic mass is 16.7.